The van der Waals surface area contributed by atoms with Gasteiger partial charge in [-0.25, -0.2) is 0 Å². The number of rotatable bonds is 4. The quantitative estimate of drug-likeness (QED) is 0.657. The molecule has 13 heavy (non-hydrogen) atoms. The molecule has 0 atom stereocenters. The lowest BCUT2D eigenvalue weighted by Crippen LogP contribution is -2.27. The van der Waals surface area contributed by atoms with E-state index in [4.69, 9.17) is 4.42 Å². The fourth-order valence-corrected chi connectivity index (χ4v) is 1.39. The second kappa shape index (κ2) is 3.34. The van der Waals surface area contributed by atoms with Crippen LogP contribution in [-0.2, 0) is 0 Å². The predicted octanol–water partition coefficient (Wildman–Crippen LogP) is 1.56. The minimum Gasteiger partial charge on any atom is -0.461 e. The molecule has 0 saturated heterocycles. The van der Waals surface area contributed by atoms with Crippen molar-refractivity contribution in [2.75, 3.05) is 13.6 Å². The summed E-state index contributed by atoms with van der Waals surface area (Å²) in [4.78, 5) is 13.6. The molecule has 1 fully saturated rings. The maximum Gasteiger partial charge on any atom is 0.211 e. The summed E-state index contributed by atoms with van der Waals surface area (Å²) in [5.74, 6) is 0.534. The van der Waals surface area contributed by atoms with E-state index in [1.165, 1.54) is 19.1 Å². The monoisotopic (exact) mass is 179 g/mol. The van der Waals surface area contributed by atoms with Crippen LogP contribution in [0.4, 0.5) is 0 Å². The fraction of sp³-hybridized carbons (Fsp3) is 0.500. The summed E-state index contributed by atoms with van der Waals surface area (Å²) in [6.07, 6.45) is 3.98. The highest BCUT2D eigenvalue weighted by atomic mass is 16.3. The summed E-state index contributed by atoms with van der Waals surface area (Å²) in [6, 6.07) is 4.08. The van der Waals surface area contributed by atoms with E-state index >= 15 is 0 Å². The lowest BCUT2D eigenvalue weighted by atomic mass is 10.3. The molecule has 1 aromatic rings. The van der Waals surface area contributed by atoms with Crippen molar-refractivity contribution in [1.29, 1.82) is 0 Å². The van der Waals surface area contributed by atoms with Crippen molar-refractivity contribution in [3.63, 3.8) is 0 Å². The third-order valence-corrected chi connectivity index (χ3v) is 2.36. The number of ketones is 1. The number of hydrogen-bond acceptors (Lipinski definition) is 3. The molecule has 3 nitrogen and oxygen atoms in total. The second-order valence-corrected chi connectivity index (χ2v) is 3.55. The van der Waals surface area contributed by atoms with E-state index in [2.05, 4.69) is 4.90 Å². The Morgan fingerprint density at radius 1 is 1.69 bits per heavy atom. The number of carbonyl (C=O) groups is 1. The van der Waals surface area contributed by atoms with Crippen LogP contribution in [0.15, 0.2) is 22.8 Å². The van der Waals surface area contributed by atoms with Crippen molar-refractivity contribution in [2.24, 2.45) is 0 Å². The van der Waals surface area contributed by atoms with Crippen LogP contribution < -0.4 is 0 Å². The van der Waals surface area contributed by atoms with E-state index in [9.17, 15) is 4.79 Å². The molecule has 0 amide bonds. The molecule has 0 aliphatic heterocycles. The average molecular weight is 179 g/mol. The van der Waals surface area contributed by atoms with Crippen LogP contribution in [0.1, 0.15) is 23.4 Å². The highest BCUT2D eigenvalue weighted by Gasteiger charge is 2.27. The van der Waals surface area contributed by atoms with E-state index < -0.39 is 0 Å². The Morgan fingerprint density at radius 2 is 2.46 bits per heavy atom. The molecule has 0 unspecified atom stereocenters. The Labute approximate surface area is 77.3 Å². The van der Waals surface area contributed by atoms with Gasteiger partial charge in [-0.2, -0.15) is 0 Å². The van der Waals surface area contributed by atoms with Crippen LogP contribution in [0.2, 0.25) is 0 Å². The number of furan rings is 1. The van der Waals surface area contributed by atoms with Crippen molar-refractivity contribution in [3.05, 3.63) is 24.2 Å². The number of Topliss-reactive ketones (excluding diaryl/α,β-unsaturated/α-hetero) is 1. The molecule has 1 saturated carbocycles. The van der Waals surface area contributed by atoms with Gasteiger partial charge < -0.3 is 4.42 Å². The Hall–Kier alpha value is -1.09. The zero-order valence-electron chi connectivity index (χ0n) is 7.69. The van der Waals surface area contributed by atoms with Gasteiger partial charge in [0.05, 0.1) is 12.8 Å². The topological polar surface area (TPSA) is 33.5 Å². The van der Waals surface area contributed by atoms with Gasteiger partial charge in [0.2, 0.25) is 5.78 Å². The molecule has 0 aromatic carbocycles. The van der Waals surface area contributed by atoms with Crippen molar-refractivity contribution in [1.82, 2.24) is 4.90 Å². The first-order valence-corrected chi connectivity index (χ1v) is 4.54. The van der Waals surface area contributed by atoms with Crippen LogP contribution in [0.25, 0.3) is 0 Å². The minimum absolute atomic E-state index is 0.0689. The largest absolute Gasteiger partial charge is 0.461 e. The zero-order valence-corrected chi connectivity index (χ0v) is 7.69. The van der Waals surface area contributed by atoms with Gasteiger partial charge in [-0.1, -0.05) is 0 Å². The summed E-state index contributed by atoms with van der Waals surface area (Å²) in [5, 5.41) is 0. The van der Waals surface area contributed by atoms with Crippen LogP contribution >= 0.6 is 0 Å². The smallest absolute Gasteiger partial charge is 0.211 e. The Kier molecular flexibility index (Phi) is 2.19. The first-order chi connectivity index (χ1) is 6.27. The Bertz CT molecular complexity index is 288. The van der Waals surface area contributed by atoms with Crippen LogP contribution in [0.5, 0.6) is 0 Å². The molecule has 1 aliphatic rings. The summed E-state index contributed by atoms with van der Waals surface area (Å²) in [7, 11) is 1.98. The summed E-state index contributed by atoms with van der Waals surface area (Å²) in [5.41, 5.74) is 0. The molecule has 0 bridgehead atoms. The molecule has 70 valence electrons. The molecule has 0 N–H and O–H groups in total. The molecular weight excluding hydrogens is 166 g/mol. The van der Waals surface area contributed by atoms with E-state index in [-0.39, 0.29) is 5.78 Å². The fourth-order valence-electron chi connectivity index (χ4n) is 1.39. The molecular formula is C10H13NO2. The maximum atomic E-state index is 11.5. The van der Waals surface area contributed by atoms with Gasteiger partial charge >= 0.3 is 0 Å². The highest BCUT2D eigenvalue weighted by Crippen LogP contribution is 2.25. The van der Waals surface area contributed by atoms with Crippen molar-refractivity contribution in [2.45, 2.75) is 18.9 Å². The molecule has 2 rings (SSSR count). The van der Waals surface area contributed by atoms with Gasteiger partial charge in [0.25, 0.3) is 0 Å². The van der Waals surface area contributed by atoms with Gasteiger partial charge in [0.15, 0.2) is 5.76 Å². The summed E-state index contributed by atoms with van der Waals surface area (Å²) in [6.45, 7) is 0.470. The third-order valence-electron chi connectivity index (χ3n) is 2.36. The van der Waals surface area contributed by atoms with Gasteiger partial charge in [-0.05, 0) is 32.0 Å². The first kappa shape index (κ1) is 8.51. The number of likely N-dealkylation sites (N-methyl/N-ethyl adjacent to an activating group) is 1. The van der Waals surface area contributed by atoms with E-state index in [1.807, 2.05) is 7.05 Å². The zero-order chi connectivity index (χ0) is 9.26. The molecule has 0 spiro atoms. The number of nitrogens with zero attached hydrogens (tertiary/aromatic N) is 1. The normalized spacial score (nSPS) is 16.5. The predicted molar refractivity (Wildman–Crippen MR) is 48.7 cm³/mol. The van der Waals surface area contributed by atoms with Crippen molar-refractivity contribution < 1.29 is 9.21 Å². The summed E-state index contributed by atoms with van der Waals surface area (Å²) < 4.78 is 5.02. The van der Waals surface area contributed by atoms with Crippen LogP contribution in [0, 0.1) is 0 Å². The SMILES string of the molecule is CN(CC(=O)c1ccco1)C1CC1. The molecule has 1 aliphatic carbocycles. The lowest BCUT2D eigenvalue weighted by molar-refractivity contribution is 0.0915. The van der Waals surface area contributed by atoms with E-state index in [1.54, 1.807) is 12.1 Å². The highest BCUT2D eigenvalue weighted by molar-refractivity contribution is 5.95. The second-order valence-electron chi connectivity index (χ2n) is 3.55. The van der Waals surface area contributed by atoms with Crippen molar-refractivity contribution >= 4 is 5.78 Å². The summed E-state index contributed by atoms with van der Waals surface area (Å²) >= 11 is 0. The van der Waals surface area contributed by atoms with E-state index in [0.717, 1.165) is 0 Å². The first-order valence-electron chi connectivity index (χ1n) is 4.54. The third kappa shape index (κ3) is 1.98. The van der Waals surface area contributed by atoms with Gasteiger partial charge in [0, 0.05) is 6.04 Å². The molecule has 1 aromatic heterocycles. The van der Waals surface area contributed by atoms with Gasteiger partial charge in [-0.15, -0.1) is 0 Å². The van der Waals surface area contributed by atoms with Crippen LogP contribution in [-0.4, -0.2) is 30.3 Å². The van der Waals surface area contributed by atoms with E-state index in [0.29, 0.717) is 18.3 Å². The van der Waals surface area contributed by atoms with Gasteiger partial charge in [0.1, 0.15) is 0 Å². The van der Waals surface area contributed by atoms with Gasteiger partial charge in [-0.3, -0.25) is 9.69 Å². The maximum absolute atomic E-state index is 11.5. The van der Waals surface area contributed by atoms with Crippen molar-refractivity contribution in [3.8, 4) is 0 Å². The Morgan fingerprint density at radius 3 is 3.00 bits per heavy atom. The Balaban J connectivity index is 1.91. The molecule has 3 heteroatoms. The number of carbonyl (C=O) groups excluding carboxylic acids is 1. The number of hydrogen-bond donors (Lipinski definition) is 0. The minimum atomic E-state index is 0.0689. The molecule has 1 heterocycles. The molecule has 0 radical (unpaired) electrons. The standard InChI is InChI=1S/C10H13NO2/c1-11(8-4-5-8)7-9(12)10-3-2-6-13-10/h2-3,6,8H,4-5,7H2,1H3. The lowest BCUT2D eigenvalue weighted by Gasteiger charge is -2.12. The average Bonchev–Trinajstić information content (AvgIpc) is 2.81. The van der Waals surface area contributed by atoms with Crippen LogP contribution in [0.3, 0.4) is 0 Å².